The van der Waals surface area contributed by atoms with Crippen LogP contribution in [0.5, 0.6) is 0 Å². The zero-order valence-electron chi connectivity index (χ0n) is 43.3. The Kier molecular flexibility index (Phi) is 43.7. The molecule has 0 spiro atoms. The van der Waals surface area contributed by atoms with Gasteiger partial charge in [-0.15, -0.1) is 0 Å². The first-order valence-electron chi connectivity index (χ1n) is 27.0. The molecule has 1 fully saturated rings. The largest absolute Gasteiger partial charge is 0.457 e. The molecule has 12 nitrogen and oxygen atoms in total. The second-order valence-electron chi connectivity index (χ2n) is 18.1. The average Bonchev–Trinajstić information content (AvgIpc) is 3.34. The fourth-order valence-electron chi connectivity index (χ4n) is 7.71. The molecule has 4 N–H and O–H groups in total. The van der Waals surface area contributed by atoms with Crippen LogP contribution in [0, 0.1) is 0 Å². The number of aliphatic hydroxyl groups excluding tert-OH is 3. The van der Waals surface area contributed by atoms with Crippen molar-refractivity contribution < 1.29 is 56.2 Å². The Hall–Kier alpha value is -2.98. The molecule has 6 atom stereocenters. The van der Waals surface area contributed by atoms with Crippen LogP contribution in [-0.4, -0.2) is 97.5 Å². The van der Waals surface area contributed by atoms with E-state index in [0.29, 0.717) is 13.0 Å². The predicted octanol–water partition coefficient (Wildman–Crippen LogP) is 13.0. The second-order valence-corrected chi connectivity index (χ2v) is 19.1. The molecule has 0 bridgehead atoms. The molecule has 1 aliphatic rings. The minimum absolute atomic E-state index is 0.0221. The fourth-order valence-corrected chi connectivity index (χ4v) is 8.22. The van der Waals surface area contributed by atoms with Gasteiger partial charge in [-0.1, -0.05) is 195 Å². The average molecular weight is 1010 g/mol. The number of esters is 1. The van der Waals surface area contributed by atoms with E-state index >= 15 is 0 Å². The maximum atomic E-state index is 12.9. The van der Waals surface area contributed by atoms with Crippen LogP contribution in [0.15, 0.2) is 97.2 Å². The highest BCUT2D eigenvalue weighted by molar-refractivity contribution is 7.80. The minimum atomic E-state index is -5.07. The first-order valence-corrected chi connectivity index (χ1v) is 28.4. The lowest BCUT2D eigenvalue weighted by molar-refractivity contribution is -0.301. The fraction of sp³-hybridized carbons (Fsp3) is 0.702. The summed E-state index contributed by atoms with van der Waals surface area (Å²) >= 11 is 0. The molecule has 0 aromatic rings. The highest BCUT2D eigenvalue weighted by Gasteiger charge is 2.48. The summed E-state index contributed by atoms with van der Waals surface area (Å²) in [7, 11) is -5.07. The van der Waals surface area contributed by atoms with Gasteiger partial charge in [0, 0.05) is 13.0 Å². The number of carbonyl (C=O) groups excluding carboxylic acids is 1. The normalized spacial score (nSPS) is 19.9. The molecule has 0 aliphatic carbocycles. The van der Waals surface area contributed by atoms with E-state index in [-0.39, 0.29) is 19.6 Å². The van der Waals surface area contributed by atoms with E-state index in [4.69, 9.17) is 18.9 Å². The number of hydrogen-bond donors (Lipinski definition) is 4. The molecule has 0 radical (unpaired) electrons. The lowest BCUT2D eigenvalue weighted by atomic mass is 9.99. The Balaban J connectivity index is 2.34. The van der Waals surface area contributed by atoms with Crippen LogP contribution in [0.3, 0.4) is 0 Å². The van der Waals surface area contributed by atoms with Gasteiger partial charge in [-0.2, -0.15) is 8.42 Å². The van der Waals surface area contributed by atoms with E-state index in [2.05, 4.69) is 115 Å². The van der Waals surface area contributed by atoms with Crippen molar-refractivity contribution in [3.8, 4) is 0 Å². The van der Waals surface area contributed by atoms with Crippen molar-refractivity contribution in [1.82, 2.24) is 0 Å². The third kappa shape index (κ3) is 39.6. The zero-order valence-corrected chi connectivity index (χ0v) is 44.1. The molecule has 6 unspecified atom stereocenters. The molecule has 70 heavy (non-hydrogen) atoms. The molecule has 0 aromatic heterocycles. The molecular weight excluding hydrogens is 909 g/mol. The summed E-state index contributed by atoms with van der Waals surface area (Å²) in [4.78, 5) is 12.9. The monoisotopic (exact) mass is 1000 g/mol. The third-order valence-corrected chi connectivity index (χ3v) is 12.2. The summed E-state index contributed by atoms with van der Waals surface area (Å²) in [5.74, 6) is -0.417. The molecule has 1 saturated heterocycles. The van der Waals surface area contributed by atoms with E-state index < -0.39 is 59.8 Å². The van der Waals surface area contributed by atoms with Crippen LogP contribution in [0.25, 0.3) is 0 Å². The molecule has 0 saturated carbocycles. The van der Waals surface area contributed by atoms with Crippen LogP contribution in [0.2, 0.25) is 0 Å². The van der Waals surface area contributed by atoms with Gasteiger partial charge in [-0.05, 0) is 89.9 Å². The number of hydrogen-bond acceptors (Lipinski definition) is 11. The topological polar surface area (TPSA) is 178 Å². The van der Waals surface area contributed by atoms with E-state index in [1.165, 1.54) is 51.4 Å². The first kappa shape index (κ1) is 65.0. The number of unbranched alkanes of at least 4 members (excludes halogenated alkanes) is 17. The molecular formula is C57H96O12S. The number of rotatable bonds is 46. The predicted molar refractivity (Wildman–Crippen MR) is 285 cm³/mol. The smallest absolute Gasteiger partial charge is 0.397 e. The van der Waals surface area contributed by atoms with Crippen molar-refractivity contribution in [2.24, 2.45) is 0 Å². The minimum Gasteiger partial charge on any atom is -0.457 e. The molecule has 1 aliphatic heterocycles. The lowest BCUT2D eigenvalue weighted by Crippen LogP contribution is -2.60. The van der Waals surface area contributed by atoms with Crippen molar-refractivity contribution in [3.63, 3.8) is 0 Å². The van der Waals surface area contributed by atoms with Gasteiger partial charge in [0.05, 0.1) is 19.8 Å². The van der Waals surface area contributed by atoms with E-state index in [1.54, 1.807) is 0 Å². The summed E-state index contributed by atoms with van der Waals surface area (Å²) in [6, 6.07) is 0. The highest BCUT2D eigenvalue weighted by Crippen LogP contribution is 2.26. The summed E-state index contributed by atoms with van der Waals surface area (Å²) < 4.78 is 59.3. The molecule has 13 heteroatoms. The van der Waals surface area contributed by atoms with Crippen LogP contribution < -0.4 is 0 Å². The summed E-state index contributed by atoms with van der Waals surface area (Å²) in [6.45, 7) is 3.74. The van der Waals surface area contributed by atoms with E-state index in [9.17, 15) is 33.1 Å². The SMILES string of the molecule is CC/C=C\C/C=C\C/C=C\C/C=C\CCCCCCCCCCCCCOCC(COC1OC(CO)C(O)C(OS(=O)(=O)O)C1O)OC(=O)CCCCCCCC/C=C\C/C=C\C/C=C\C/C=C\CC. The summed E-state index contributed by atoms with van der Waals surface area (Å²) in [5, 5.41) is 30.8. The van der Waals surface area contributed by atoms with Crippen molar-refractivity contribution in [2.45, 2.75) is 230 Å². The number of allylic oxidation sites excluding steroid dienone is 16. The van der Waals surface area contributed by atoms with Gasteiger partial charge in [0.15, 0.2) is 6.29 Å². The van der Waals surface area contributed by atoms with Crippen LogP contribution in [0.1, 0.15) is 194 Å². The van der Waals surface area contributed by atoms with Gasteiger partial charge >= 0.3 is 16.4 Å². The molecule has 1 rings (SSSR count). The Morgan fingerprint density at radius 3 is 1.37 bits per heavy atom. The van der Waals surface area contributed by atoms with Gasteiger partial charge in [0.25, 0.3) is 0 Å². The standard InChI is InChI=1S/C57H96O12S/c1-3-5-7-9-11-13-15-17-19-21-23-24-25-26-27-29-31-33-35-37-39-41-43-45-47-65-49-51(50-66-57-55(61)56(69-70(62,63)64)54(60)52(48-58)68-57)67-53(59)46-44-42-40-38-36-34-32-30-28-22-20-18-16-14-12-10-8-6-4-2/h5-8,11-14,17-20,23-24,28,30,51-52,54-58,60-61H,3-4,9-10,15-16,21-22,25-27,29,31-50H2,1-2H3,(H,62,63,64)/b7-5-,8-6-,13-11-,14-12-,19-17-,20-18-,24-23-,30-28-. The lowest BCUT2D eigenvalue weighted by Gasteiger charge is -2.41. The van der Waals surface area contributed by atoms with Crippen molar-refractivity contribution in [3.05, 3.63) is 97.2 Å². The number of ether oxygens (including phenoxy) is 4. The Morgan fingerprint density at radius 2 is 0.943 bits per heavy atom. The van der Waals surface area contributed by atoms with Crippen LogP contribution in [-0.2, 0) is 38.3 Å². The first-order chi connectivity index (χ1) is 34.1. The number of aliphatic hydroxyl groups is 3. The van der Waals surface area contributed by atoms with Gasteiger partial charge in [0.1, 0.15) is 30.5 Å². The zero-order chi connectivity index (χ0) is 51.0. The van der Waals surface area contributed by atoms with Gasteiger partial charge in [-0.3, -0.25) is 9.35 Å². The summed E-state index contributed by atoms with van der Waals surface area (Å²) in [5.41, 5.74) is 0. The molecule has 402 valence electrons. The van der Waals surface area contributed by atoms with Gasteiger partial charge in [-0.25, -0.2) is 4.18 Å². The third-order valence-electron chi connectivity index (χ3n) is 11.7. The van der Waals surface area contributed by atoms with Crippen molar-refractivity contribution in [2.75, 3.05) is 26.4 Å². The molecule has 0 amide bonds. The quantitative estimate of drug-likeness (QED) is 0.0197. The Labute approximate surface area is 425 Å². The maximum Gasteiger partial charge on any atom is 0.397 e. The number of carbonyl (C=O) groups is 1. The second kappa shape index (κ2) is 47.1. The van der Waals surface area contributed by atoms with Crippen molar-refractivity contribution in [1.29, 1.82) is 0 Å². The van der Waals surface area contributed by atoms with Crippen molar-refractivity contribution >= 4 is 16.4 Å². The highest BCUT2D eigenvalue weighted by atomic mass is 32.3. The summed E-state index contributed by atoms with van der Waals surface area (Å²) in [6.07, 6.45) is 55.8. The van der Waals surface area contributed by atoms with E-state index in [1.807, 2.05) is 0 Å². The molecule has 0 aromatic carbocycles. The van der Waals surface area contributed by atoms with Gasteiger partial charge < -0.3 is 34.3 Å². The van der Waals surface area contributed by atoms with Crippen LogP contribution in [0.4, 0.5) is 0 Å². The Bertz CT molecular complexity index is 1580. The van der Waals surface area contributed by atoms with E-state index in [0.717, 1.165) is 116 Å². The molecule has 1 heterocycles. The maximum absolute atomic E-state index is 12.9. The van der Waals surface area contributed by atoms with Gasteiger partial charge in [0.2, 0.25) is 0 Å². The van der Waals surface area contributed by atoms with Crippen LogP contribution >= 0.6 is 0 Å². The Morgan fingerprint density at radius 1 is 0.543 bits per heavy atom.